The Morgan fingerprint density at radius 2 is 2.12 bits per heavy atom. The van der Waals surface area contributed by atoms with Crippen molar-refractivity contribution in [2.75, 3.05) is 13.6 Å². The molecule has 0 saturated carbocycles. The van der Waals surface area contributed by atoms with Gasteiger partial charge in [0.2, 0.25) is 0 Å². The van der Waals surface area contributed by atoms with E-state index in [1.807, 2.05) is 32.7 Å². The molecule has 0 bridgehead atoms. The molecule has 1 heterocycles. The number of carbonyl (C=O) groups excluding carboxylic acids is 1. The molecule has 1 amide bonds. The van der Waals surface area contributed by atoms with Gasteiger partial charge in [-0.2, -0.15) is 0 Å². The van der Waals surface area contributed by atoms with Crippen molar-refractivity contribution in [1.82, 2.24) is 10.2 Å². The minimum absolute atomic E-state index is 0.183. The summed E-state index contributed by atoms with van der Waals surface area (Å²) in [6.07, 6.45) is 1.94. The molecular formula is C12H24N2O2. The quantitative estimate of drug-likeness (QED) is 0.786. The van der Waals surface area contributed by atoms with Gasteiger partial charge in [-0.15, -0.1) is 0 Å². The maximum Gasteiger partial charge on any atom is 0.410 e. The summed E-state index contributed by atoms with van der Waals surface area (Å²) >= 11 is 0. The summed E-state index contributed by atoms with van der Waals surface area (Å²) in [6.45, 7) is 8.62. The lowest BCUT2D eigenvalue weighted by atomic mass is 10.1. The lowest BCUT2D eigenvalue weighted by Crippen LogP contribution is -2.48. The molecule has 0 radical (unpaired) electrons. The van der Waals surface area contributed by atoms with E-state index in [9.17, 15) is 4.79 Å². The Balaban J connectivity index is 2.61. The fraction of sp³-hybridized carbons (Fsp3) is 0.917. The normalized spacial score (nSPS) is 23.3. The van der Waals surface area contributed by atoms with Gasteiger partial charge in [-0.05, 0) is 47.6 Å². The van der Waals surface area contributed by atoms with E-state index in [4.69, 9.17) is 4.74 Å². The van der Waals surface area contributed by atoms with E-state index in [2.05, 4.69) is 12.2 Å². The van der Waals surface area contributed by atoms with Crippen LogP contribution in [0.25, 0.3) is 0 Å². The van der Waals surface area contributed by atoms with E-state index in [1.165, 1.54) is 0 Å². The second-order valence-electron chi connectivity index (χ2n) is 5.46. The molecule has 0 aliphatic carbocycles. The number of likely N-dealkylation sites (tertiary alicyclic amines) is 1. The zero-order chi connectivity index (χ0) is 12.3. The third kappa shape index (κ3) is 3.37. The summed E-state index contributed by atoms with van der Waals surface area (Å²) in [6, 6.07) is 0.579. The number of amides is 1. The van der Waals surface area contributed by atoms with Crippen LogP contribution in [0, 0.1) is 0 Å². The number of nitrogens with one attached hydrogen (secondary N) is 1. The van der Waals surface area contributed by atoms with Crippen LogP contribution in [0.1, 0.15) is 40.5 Å². The van der Waals surface area contributed by atoms with Crippen LogP contribution in [0.2, 0.25) is 0 Å². The van der Waals surface area contributed by atoms with Crippen molar-refractivity contribution >= 4 is 6.09 Å². The van der Waals surface area contributed by atoms with Crippen LogP contribution in [0.4, 0.5) is 4.79 Å². The predicted molar refractivity (Wildman–Crippen MR) is 64.5 cm³/mol. The van der Waals surface area contributed by atoms with Gasteiger partial charge in [0.25, 0.3) is 0 Å². The Hall–Kier alpha value is -0.770. The predicted octanol–water partition coefficient (Wildman–Crippen LogP) is 1.99. The van der Waals surface area contributed by atoms with Gasteiger partial charge in [0.1, 0.15) is 5.60 Å². The van der Waals surface area contributed by atoms with E-state index in [-0.39, 0.29) is 12.1 Å². The zero-order valence-electron chi connectivity index (χ0n) is 11.0. The Morgan fingerprint density at radius 3 is 2.62 bits per heavy atom. The molecule has 0 aromatic carbocycles. The lowest BCUT2D eigenvalue weighted by molar-refractivity contribution is 0.0203. The van der Waals surface area contributed by atoms with Gasteiger partial charge in [0.15, 0.2) is 0 Å². The van der Waals surface area contributed by atoms with Gasteiger partial charge in [0, 0.05) is 12.6 Å². The van der Waals surface area contributed by atoms with Crippen LogP contribution in [-0.2, 0) is 4.74 Å². The first-order chi connectivity index (χ1) is 7.35. The molecule has 4 heteroatoms. The molecule has 1 aliphatic rings. The second-order valence-corrected chi connectivity index (χ2v) is 5.46. The molecule has 2 atom stereocenters. The molecule has 1 rings (SSSR count). The van der Waals surface area contributed by atoms with E-state index in [0.717, 1.165) is 19.4 Å². The van der Waals surface area contributed by atoms with Crippen LogP contribution < -0.4 is 5.32 Å². The summed E-state index contributed by atoms with van der Waals surface area (Å²) in [5, 5.41) is 3.21. The smallest absolute Gasteiger partial charge is 0.410 e. The van der Waals surface area contributed by atoms with Crippen molar-refractivity contribution in [2.45, 2.75) is 58.2 Å². The lowest BCUT2D eigenvalue weighted by Gasteiger charge is -2.31. The first kappa shape index (κ1) is 13.3. The monoisotopic (exact) mass is 228 g/mol. The third-order valence-electron chi connectivity index (χ3n) is 2.96. The summed E-state index contributed by atoms with van der Waals surface area (Å²) in [5.74, 6) is 0. The first-order valence-electron chi connectivity index (χ1n) is 6.02. The zero-order valence-corrected chi connectivity index (χ0v) is 11.0. The molecule has 1 N–H and O–H groups in total. The Kier molecular flexibility index (Phi) is 4.19. The van der Waals surface area contributed by atoms with Gasteiger partial charge in [-0.25, -0.2) is 4.79 Å². The standard InChI is InChI=1S/C12H24N2O2/c1-9(13-5)10-7-6-8-14(10)11(15)16-12(2,3)4/h9-10,13H,6-8H2,1-5H3/t9-,10+/m1/s1. The molecule has 1 aliphatic heterocycles. The van der Waals surface area contributed by atoms with Gasteiger partial charge in [0.05, 0.1) is 6.04 Å². The molecule has 16 heavy (non-hydrogen) atoms. The van der Waals surface area contributed by atoms with Crippen LogP contribution >= 0.6 is 0 Å². The van der Waals surface area contributed by atoms with Crippen molar-refractivity contribution in [1.29, 1.82) is 0 Å². The van der Waals surface area contributed by atoms with Gasteiger partial charge in [-0.3, -0.25) is 0 Å². The summed E-state index contributed by atoms with van der Waals surface area (Å²) in [4.78, 5) is 13.8. The van der Waals surface area contributed by atoms with E-state index < -0.39 is 5.60 Å². The number of carbonyl (C=O) groups is 1. The average molecular weight is 228 g/mol. The molecule has 0 aromatic rings. The fourth-order valence-corrected chi connectivity index (χ4v) is 2.05. The van der Waals surface area contributed by atoms with Gasteiger partial charge >= 0.3 is 6.09 Å². The number of rotatable bonds is 2. The minimum atomic E-state index is -0.410. The Morgan fingerprint density at radius 1 is 1.50 bits per heavy atom. The molecule has 0 spiro atoms. The summed E-state index contributed by atoms with van der Waals surface area (Å²) in [5.41, 5.74) is -0.410. The number of ether oxygens (including phenoxy) is 1. The van der Waals surface area contributed by atoms with Gasteiger partial charge in [-0.1, -0.05) is 0 Å². The van der Waals surface area contributed by atoms with E-state index in [1.54, 1.807) is 0 Å². The van der Waals surface area contributed by atoms with Gasteiger partial charge < -0.3 is 15.0 Å². The highest BCUT2D eigenvalue weighted by molar-refractivity contribution is 5.69. The maximum atomic E-state index is 12.0. The molecule has 0 aromatic heterocycles. The molecule has 1 saturated heterocycles. The van der Waals surface area contributed by atoms with Crippen LogP contribution in [0.3, 0.4) is 0 Å². The van der Waals surface area contributed by atoms with Crippen molar-refractivity contribution in [3.63, 3.8) is 0 Å². The highest BCUT2D eigenvalue weighted by Crippen LogP contribution is 2.22. The number of hydrogen-bond acceptors (Lipinski definition) is 3. The SMILES string of the molecule is CN[C@H](C)[C@@H]1CCCN1C(=O)OC(C)(C)C. The number of hydrogen-bond donors (Lipinski definition) is 1. The Labute approximate surface area is 98.3 Å². The van der Waals surface area contributed by atoms with E-state index >= 15 is 0 Å². The molecule has 4 nitrogen and oxygen atoms in total. The van der Waals surface area contributed by atoms with E-state index in [0.29, 0.717) is 6.04 Å². The minimum Gasteiger partial charge on any atom is -0.444 e. The van der Waals surface area contributed by atoms with Crippen LogP contribution in [0.5, 0.6) is 0 Å². The third-order valence-corrected chi connectivity index (χ3v) is 2.96. The topological polar surface area (TPSA) is 41.6 Å². The van der Waals surface area contributed by atoms with Crippen molar-refractivity contribution < 1.29 is 9.53 Å². The summed E-state index contributed by atoms with van der Waals surface area (Å²) in [7, 11) is 1.93. The van der Waals surface area contributed by atoms with Crippen molar-refractivity contribution in [3.8, 4) is 0 Å². The van der Waals surface area contributed by atoms with Crippen molar-refractivity contribution in [3.05, 3.63) is 0 Å². The first-order valence-corrected chi connectivity index (χ1v) is 6.02. The van der Waals surface area contributed by atoms with Crippen molar-refractivity contribution in [2.24, 2.45) is 0 Å². The number of nitrogens with zero attached hydrogens (tertiary/aromatic N) is 1. The molecule has 94 valence electrons. The maximum absolute atomic E-state index is 12.0. The highest BCUT2D eigenvalue weighted by Gasteiger charge is 2.34. The highest BCUT2D eigenvalue weighted by atomic mass is 16.6. The number of likely N-dealkylation sites (N-methyl/N-ethyl adjacent to an activating group) is 1. The largest absolute Gasteiger partial charge is 0.444 e. The van der Waals surface area contributed by atoms with Crippen LogP contribution in [-0.4, -0.2) is 42.3 Å². The summed E-state index contributed by atoms with van der Waals surface area (Å²) < 4.78 is 5.41. The Bertz CT molecular complexity index is 248. The van der Waals surface area contributed by atoms with Crippen LogP contribution in [0.15, 0.2) is 0 Å². The molecule has 0 unspecified atom stereocenters. The average Bonchev–Trinajstić information content (AvgIpc) is 2.62. The molecule has 1 fully saturated rings. The fourth-order valence-electron chi connectivity index (χ4n) is 2.05. The second kappa shape index (κ2) is 5.04. The molecular weight excluding hydrogens is 204 g/mol.